The Labute approximate surface area is 148 Å². The summed E-state index contributed by atoms with van der Waals surface area (Å²) in [5, 5.41) is 7.88. The first-order chi connectivity index (χ1) is 11.9. The Morgan fingerprint density at radius 3 is 2.52 bits per heavy atom. The lowest BCUT2D eigenvalue weighted by molar-refractivity contribution is 0.102. The third-order valence-electron chi connectivity index (χ3n) is 3.18. The van der Waals surface area contributed by atoms with Gasteiger partial charge in [0.1, 0.15) is 11.5 Å². The fourth-order valence-electron chi connectivity index (χ4n) is 1.96. The van der Waals surface area contributed by atoms with Crippen molar-refractivity contribution in [1.82, 2.24) is 9.97 Å². The summed E-state index contributed by atoms with van der Waals surface area (Å²) in [6, 6.07) is 11.4. The number of hydrogen-bond acceptors (Lipinski definition) is 7. The normalized spacial score (nSPS) is 11.1. The van der Waals surface area contributed by atoms with Crippen molar-refractivity contribution in [2.75, 3.05) is 16.9 Å². The number of amides is 1. The van der Waals surface area contributed by atoms with E-state index < -0.39 is 9.84 Å². The topological polar surface area (TPSA) is 101 Å². The van der Waals surface area contributed by atoms with E-state index in [0.29, 0.717) is 16.6 Å². The van der Waals surface area contributed by atoms with Crippen molar-refractivity contribution in [1.29, 1.82) is 0 Å². The van der Waals surface area contributed by atoms with Gasteiger partial charge in [-0.15, -0.1) is 11.3 Å². The summed E-state index contributed by atoms with van der Waals surface area (Å²) in [6.45, 7) is 0. The lowest BCUT2D eigenvalue weighted by atomic mass is 10.3. The highest BCUT2D eigenvalue weighted by Crippen LogP contribution is 2.20. The van der Waals surface area contributed by atoms with Crippen LogP contribution in [0.4, 0.5) is 16.6 Å². The minimum Gasteiger partial charge on any atom is -0.321 e. The van der Waals surface area contributed by atoms with E-state index in [1.807, 2.05) is 6.07 Å². The number of rotatable bonds is 5. The molecule has 0 unspecified atom stereocenters. The molecule has 0 radical (unpaired) electrons. The van der Waals surface area contributed by atoms with Gasteiger partial charge in [-0.2, -0.15) is 0 Å². The second-order valence-electron chi connectivity index (χ2n) is 5.13. The molecule has 0 aliphatic carbocycles. The zero-order chi connectivity index (χ0) is 17.9. The second kappa shape index (κ2) is 6.99. The first-order valence-corrected chi connectivity index (χ1v) is 9.94. The average molecular weight is 374 g/mol. The lowest BCUT2D eigenvalue weighted by Crippen LogP contribution is -2.12. The average Bonchev–Trinajstić information content (AvgIpc) is 3.04. The molecular formula is C16H14N4O3S2. The maximum Gasteiger partial charge on any atom is 0.275 e. The van der Waals surface area contributed by atoms with Crippen molar-refractivity contribution >= 4 is 43.7 Å². The maximum absolute atomic E-state index is 12.2. The summed E-state index contributed by atoms with van der Waals surface area (Å²) in [5.41, 5.74) is 0.750. The van der Waals surface area contributed by atoms with Gasteiger partial charge in [0.15, 0.2) is 15.0 Å². The highest BCUT2D eigenvalue weighted by molar-refractivity contribution is 7.90. The molecule has 1 aromatic carbocycles. The van der Waals surface area contributed by atoms with Crippen LogP contribution in [-0.2, 0) is 9.84 Å². The number of pyridine rings is 1. The molecule has 0 saturated heterocycles. The third kappa shape index (κ3) is 4.40. The van der Waals surface area contributed by atoms with Gasteiger partial charge in [0.25, 0.3) is 5.91 Å². The van der Waals surface area contributed by atoms with Crippen LogP contribution >= 0.6 is 11.3 Å². The minimum atomic E-state index is -3.26. The van der Waals surface area contributed by atoms with Crippen molar-refractivity contribution < 1.29 is 13.2 Å². The second-order valence-corrected chi connectivity index (χ2v) is 8.00. The van der Waals surface area contributed by atoms with Crippen molar-refractivity contribution in [2.45, 2.75) is 4.90 Å². The van der Waals surface area contributed by atoms with Gasteiger partial charge in [0.2, 0.25) is 0 Å². The van der Waals surface area contributed by atoms with Crippen LogP contribution in [0.5, 0.6) is 0 Å². The molecule has 128 valence electrons. The van der Waals surface area contributed by atoms with Crippen LogP contribution in [0.3, 0.4) is 0 Å². The number of nitrogens with one attached hydrogen (secondary N) is 2. The lowest BCUT2D eigenvalue weighted by Gasteiger charge is -2.04. The van der Waals surface area contributed by atoms with Crippen molar-refractivity contribution in [3.8, 4) is 0 Å². The quantitative estimate of drug-likeness (QED) is 0.712. The number of aromatic nitrogens is 2. The smallest absolute Gasteiger partial charge is 0.275 e. The van der Waals surface area contributed by atoms with Gasteiger partial charge in [0, 0.05) is 23.5 Å². The van der Waals surface area contributed by atoms with E-state index in [4.69, 9.17) is 0 Å². The van der Waals surface area contributed by atoms with Crippen LogP contribution in [0, 0.1) is 0 Å². The Morgan fingerprint density at radius 2 is 1.88 bits per heavy atom. The van der Waals surface area contributed by atoms with E-state index in [9.17, 15) is 13.2 Å². The van der Waals surface area contributed by atoms with Crippen molar-refractivity contribution in [3.63, 3.8) is 0 Å². The van der Waals surface area contributed by atoms with Crippen LogP contribution in [0.1, 0.15) is 10.5 Å². The van der Waals surface area contributed by atoms with Crippen LogP contribution in [0.15, 0.2) is 58.9 Å². The molecule has 0 bridgehead atoms. The number of sulfone groups is 1. The molecule has 0 aliphatic rings. The van der Waals surface area contributed by atoms with E-state index in [-0.39, 0.29) is 16.5 Å². The molecule has 0 aliphatic heterocycles. The molecule has 1 amide bonds. The fourth-order valence-corrected chi connectivity index (χ4v) is 3.29. The summed E-state index contributed by atoms with van der Waals surface area (Å²) >= 11 is 1.29. The van der Waals surface area contributed by atoms with Gasteiger partial charge in [0.05, 0.1) is 4.90 Å². The van der Waals surface area contributed by atoms with Crippen LogP contribution in [-0.4, -0.2) is 30.5 Å². The highest BCUT2D eigenvalue weighted by Gasteiger charge is 2.12. The summed E-state index contributed by atoms with van der Waals surface area (Å²) in [5.74, 6) is 0.262. The fraction of sp³-hybridized carbons (Fsp3) is 0.0625. The van der Waals surface area contributed by atoms with Gasteiger partial charge >= 0.3 is 0 Å². The summed E-state index contributed by atoms with van der Waals surface area (Å²) in [6.07, 6.45) is 2.79. The summed E-state index contributed by atoms with van der Waals surface area (Å²) < 4.78 is 22.9. The predicted molar refractivity (Wildman–Crippen MR) is 97.1 cm³/mol. The molecule has 0 saturated carbocycles. The summed E-state index contributed by atoms with van der Waals surface area (Å²) in [7, 11) is -3.26. The SMILES string of the molecule is CS(=O)(=O)c1ccc(NC(=O)c2csc(Nc3ccccn3)n2)cc1. The Morgan fingerprint density at radius 1 is 1.12 bits per heavy atom. The number of thiazole rings is 1. The molecule has 2 heterocycles. The van der Waals surface area contributed by atoms with Crippen LogP contribution in [0.25, 0.3) is 0 Å². The molecule has 2 aromatic heterocycles. The van der Waals surface area contributed by atoms with E-state index in [1.54, 1.807) is 23.7 Å². The molecule has 0 fully saturated rings. The monoisotopic (exact) mass is 374 g/mol. The predicted octanol–water partition coefficient (Wildman–Crippen LogP) is 2.94. The Balaban J connectivity index is 1.67. The molecule has 3 rings (SSSR count). The highest BCUT2D eigenvalue weighted by atomic mass is 32.2. The molecule has 25 heavy (non-hydrogen) atoms. The third-order valence-corrected chi connectivity index (χ3v) is 5.06. The first-order valence-electron chi connectivity index (χ1n) is 7.17. The number of benzene rings is 1. The van der Waals surface area contributed by atoms with Gasteiger partial charge < -0.3 is 10.6 Å². The molecule has 7 nitrogen and oxygen atoms in total. The standard InChI is InChI=1S/C16H14N4O3S2/c1-25(22,23)12-7-5-11(6-8-12)18-15(21)13-10-24-16(19-13)20-14-4-2-3-9-17-14/h2-10H,1H3,(H,18,21)(H,17,19,20). The Hall–Kier alpha value is -2.78. The summed E-state index contributed by atoms with van der Waals surface area (Å²) in [4.78, 5) is 20.8. The zero-order valence-electron chi connectivity index (χ0n) is 13.1. The van der Waals surface area contributed by atoms with Crippen molar-refractivity contribution in [3.05, 3.63) is 59.7 Å². The van der Waals surface area contributed by atoms with E-state index >= 15 is 0 Å². The van der Waals surface area contributed by atoms with E-state index in [1.165, 1.54) is 35.6 Å². The number of carbonyl (C=O) groups excluding carboxylic acids is 1. The molecule has 0 atom stereocenters. The molecule has 0 spiro atoms. The first kappa shape index (κ1) is 17.1. The van der Waals surface area contributed by atoms with Crippen LogP contribution < -0.4 is 10.6 Å². The molecule has 3 aromatic rings. The van der Waals surface area contributed by atoms with Gasteiger partial charge in [-0.05, 0) is 36.4 Å². The Kier molecular flexibility index (Phi) is 4.77. The number of hydrogen-bond donors (Lipinski definition) is 2. The number of carbonyl (C=O) groups is 1. The molecule has 9 heteroatoms. The molecular weight excluding hydrogens is 360 g/mol. The molecule has 2 N–H and O–H groups in total. The number of anilines is 3. The van der Waals surface area contributed by atoms with Crippen LogP contribution in [0.2, 0.25) is 0 Å². The van der Waals surface area contributed by atoms with E-state index in [2.05, 4.69) is 20.6 Å². The maximum atomic E-state index is 12.2. The van der Waals surface area contributed by atoms with Gasteiger partial charge in [-0.25, -0.2) is 18.4 Å². The Bertz CT molecular complexity index is 984. The van der Waals surface area contributed by atoms with Gasteiger partial charge in [-0.3, -0.25) is 4.79 Å². The van der Waals surface area contributed by atoms with E-state index in [0.717, 1.165) is 6.26 Å². The number of nitrogens with zero attached hydrogens (tertiary/aromatic N) is 2. The minimum absolute atomic E-state index is 0.195. The largest absolute Gasteiger partial charge is 0.321 e. The van der Waals surface area contributed by atoms with Gasteiger partial charge in [-0.1, -0.05) is 6.07 Å². The van der Waals surface area contributed by atoms with Crippen molar-refractivity contribution in [2.24, 2.45) is 0 Å². The zero-order valence-corrected chi connectivity index (χ0v) is 14.8.